The first kappa shape index (κ1) is 23.6. The van der Waals surface area contributed by atoms with Gasteiger partial charge in [0.15, 0.2) is 0 Å². The molecule has 6 nitrogen and oxygen atoms in total. The molecule has 1 aliphatic heterocycles. The highest BCUT2D eigenvalue weighted by Gasteiger charge is 2.44. The summed E-state index contributed by atoms with van der Waals surface area (Å²) in [5, 5.41) is 0. The van der Waals surface area contributed by atoms with E-state index in [1.165, 1.54) is 43.4 Å². The van der Waals surface area contributed by atoms with Crippen molar-refractivity contribution in [1.29, 1.82) is 0 Å². The van der Waals surface area contributed by atoms with Crippen molar-refractivity contribution in [2.24, 2.45) is 11.8 Å². The van der Waals surface area contributed by atoms with Gasteiger partial charge >= 0.3 is 0 Å². The van der Waals surface area contributed by atoms with Gasteiger partial charge in [-0.05, 0) is 49.2 Å². The Balaban J connectivity index is 1.42. The number of sulfonamides is 1. The zero-order chi connectivity index (χ0) is 23.8. The van der Waals surface area contributed by atoms with Gasteiger partial charge in [-0.3, -0.25) is 9.52 Å². The van der Waals surface area contributed by atoms with Gasteiger partial charge in [0.25, 0.3) is 21.9 Å². The number of anilines is 1. The maximum Gasteiger partial charge on any atom is 0.264 e. The minimum Gasteiger partial charge on any atom is -0.339 e. The molecule has 0 unspecified atom stereocenters. The third-order valence-electron chi connectivity index (χ3n) is 6.09. The van der Waals surface area contributed by atoms with Gasteiger partial charge in [-0.15, -0.1) is 11.3 Å². The van der Waals surface area contributed by atoms with Gasteiger partial charge in [-0.2, -0.15) is 0 Å². The number of benzene rings is 2. The third-order valence-corrected chi connectivity index (χ3v) is 8.30. The molecule has 3 aromatic rings. The molecule has 0 atom stereocenters. The van der Waals surface area contributed by atoms with Crippen LogP contribution in [0, 0.1) is 11.8 Å². The fourth-order valence-corrected chi connectivity index (χ4v) is 6.09. The molecule has 176 valence electrons. The number of hydrogen-bond donors (Lipinski definition) is 1. The molecule has 33 heavy (non-hydrogen) atoms. The van der Waals surface area contributed by atoms with Crippen molar-refractivity contribution in [3.05, 3.63) is 53.5 Å². The molecular weight excluding hydrogens is 468 g/mol. The van der Waals surface area contributed by atoms with Crippen LogP contribution in [0.4, 0.5) is 14.5 Å². The Hall–Kier alpha value is -2.59. The number of nitrogens with zero attached hydrogens (tertiary/aromatic N) is 2. The van der Waals surface area contributed by atoms with Gasteiger partial charge in [-0.25, -0.2) is 22.2 Å². The normalized spacial score (nSPS) is 15.8. The maximum absolute atomic E-state index is 14.3. The molecule has 1 aromatic heterocycles. The first-order valence-electron chi connectivity index (χ1n) is 10.7. The molecule has 2 heterocycles. The lowest BCUT2D eigenvalue weighted by Gasteiger charge is -2.37. The highest BCUT2D eigenvalue weighted by Crippen LogP contribution is 2.38. The van der Waals surface area contributed by atoms with E-state index in [4.69, 9.17) is 0 Å². The Kier molecular flexibility index (Phi) is 6.41. The van der Waals surface area contributed by atoms with Crippen LogP contribution in [0.1, 0.15) is 37.0 Å². The van der Waals surface area contributed by atoms with Crippen LogP contribution in [0.5, 0.6) is 0 Å². The fraction of sp³-hybridized carbons (Fsp3) is 0.391. The second-order valence-corrected chi connectivity index (χ2v) is 11.1. The van der Waals surface area contributed by atoms with E-state index >= 15 is 0 Å². The summed E-state index contributed by atoms with van der Waals surface area (Å²) in [5.41, 5.74) is 2.70. The highest BCUT2D eigenvalue weighted by molar-refractivity contribution is 7.93. The lowest BCUT2D eigenvalue weighted by molar-refractivity contribution is -0.112. The van der Waals surface area contributed by atoms with Crippen molar-refractivity contribution in [1.82, 2.24) is 9.88 Å². The predicted octanol–water partition coefficient (Wildman–Crippen LogP) is 5.24. The Morgan fingerprint density at radius 1 is 1.15 bits per heavy atom. The molecule has 0 spiro atoms. The van der Waals surface area contributed by atoms with E-state index in [-0.39, 0.29) is 36.7 Å². The number of carbonyl (C=O) groups is 1. The first-order valence-corrected chi connectivity index (χ1v) is 13.1. The van der Waals surface area contributed by atoms with Gasteiger partial charge in [0, 0.05) is 36.2 Å². The summed E-state index contributed by atoms with van der Waals surface area (Å²) in [7, 11) is -3.86. The number of carbonyl (C=O) groups excluding carboxylic acids is 1. The largest absolute Gasteiger partial charge is 0.339 e. The number of fused-ring (bicyclic) bond motifs is 1. The smallest absolute Gasteiger partial charge is 0.264 e. The number of alkyl halides is 2. The summed E-state index contributed by atoms with van der Waals surface area (Å²) in [6, 6.07) is 11.1. The van der Waals surface area contributed by atoms with Crippen molar-refractivity contribution in [2.45, 2.75) is 37.5 Å². The second-order valence-electron chi connectivity index (χ2n) is 8.53. The van der Waals surface area contributed by atoms with Gasteiger partial charge in [0.05, 0.1) is 10.2 Å². The van der Waals surface area contributed by atoms with E-state index in [2.05, 4.69) is 9.71 Å². The molecule has 4 rings (SSSR count). The van der Waals surface area contributed by atoms with Crippen molar-refractivity contribution in [3.63, 3.8) is 0 Å². The average molecular weight is 494 g/mol. The fourth-order valence-electron chi connectivity index (χ4n) is 4.09. The molecule has 10 heteroatoms. The number of amides is 1. The Morgan fingerprint density at radius 3 is 2.45 bits per heavy atom. The summed E-state index contributed by atoms with van der Waals surface area (Å²) in [4.78, 5) is 18.6. The van der Waals surface area contributed by atoms with Gasteiger partial charge < -0.3 is 4.90 Å². The first-order chi connectivity index (χ1) is 15.6. The number of likely N-dealkylation sites (tertiary alicyclic amines) is 1. The number of hydrogen-bond acceptors (Lipinski definition) is 5. The number of piperidine rings is 1. The van der Waals surface area contributed by atoms with Gasteiger partial charge in [0.2, 0.25) is 0 Å². The predicted molar refractivity (Wildman–Crippen MR) is 125 cm³/mol. The van der Waals surface area contributed by atoms with E-state index in [1.54, 1.807) is 34.7 Å². The molecule has 0 bridgehead atoms. The van der Waals surface area contributed by atoms with Crippen LogP contribution in [0.2, 0.25) is 0 Å². The molecule has 1 N–H and O–H groups in total. The van der Waals surface area contributed by atoms with Crippen molar-refractivity contribution in [2.75, 3.05) is 17.8 Å². The monoisotopic (exact) mass is 493 g/mol. The summed E-state index contributed by atoms with van der Waals surface area (Å²) >= 11 is 1.36. The molecule has 1 saturated heterocycles. The van der Waals surface area contributed by atoms with Gasteiger partial charge in [-0.1, -0.05) is 19.9 Å². The summed E-state index contributed by atoms with van der Waals surface area (Å²) < 4.78 is 57.6. The summed E-state index contributed by atoms with van der Waals surface area (Å²) in [5.74, 6) is -4.44. The van der Waals surface area contributed by atoms with Crippen molar-refractivity contribution >= 4 is 43.2 Å². The Bertz CT molecular complexity index is 1250. The van der Waals surface area contributed by atoms with Crippen LogP contribution in [0.15, 0.2) is 52.9 Å². The standard InChI is InChI=1S/C23H25F2N3O3S2/c1-15(2)23(24,25)17-10-12-28(13-11-17)22(29)16-6-8-18(9-7-16)27-33(30,31)20-5-3-4-19-21(20)26-14-32-19/h3-9,14-15,17,27H,10-13H2,1-2H3. The van der Waals surface area contributed by atoms with Crippen LogP contribution in [-0.2, 0) is 10.0 Å². The van der Waals surface area contributed by atoms with Gasteiger partial charge in [0.1, 0.15) is 10.4 Å². The summed E-state index contributed by atoms with van der Waals surface area (Å²) in [6.45, 7) is 3.59. The zero-order valence-electron chi connectivity index (χ0n) is 18.3. The number of thiazole rings is 1. The van der Waals surface area contributed by atoms with Crippen LogP contribution in [-0.4, -0.2) is 43.2 Å². The number of halogens is 2. The van der Waals surface area contributed by atoms with E-state index in [9.17, 15) is 22.0 Å². The number of nitrogens with one attached hydrogen (secondary N) is 1. The van der Waals surface area contributed by atoms with Crippen molar-refractivity contribution < 1.29 is 22.0 Å². The van der Waals surface area contributed by atoms with E-state index in [0.717, 1.165) is 4.70 Å². The van der Waals surface area contributed by atoms with Crippen molar-refractivity contribution in [3.8, 4) is 0 Å². The van der Waals surface area contributed by atoms with E-state index < -0.39 is 27.8 Å². The van der Waals surface area contributed by atoms with Crippen LogP contribution in [0.3, 0.4) is 0 Å². The lowest BCUT2D eigenvalue weighted by atomic mass is 9.84. The topological polar surface area (TPSA) is 79.4 Å². The van der Waals surface area contributed by atoms with E-state index in [1.807, 2.05) is 0 Å². The van der Waals surface area contributed by atoms with E-state index in [0.29, 0.717) is 16.8 Å². The minimum atomic E-state index is -3.86. The molecular formula is C23H25F2N3O3S2. The molecule has 0 radical (unpaired) electrons. The minimum absolute atomic E-state index is 0.0856. The number of aromatic nitrogens is 1. The van der Waals surface area contributed by atoms with Crippen LogP contribution < -0.4 is 4.72 Å². The quantitative estimate of drug-likeness (QED) is 0.509. The molecule has 1 fully saturated rings. The highest BCUT2D eigenvalue weighted by atomic mass is 32.2. The SMILES string of the molecule is CC(C)C(F)(F)C1CCN(C(=O)c2ccc(NS(=O)(=O)c3cccc4scnc34)cc2)CC1. The lowest BCUT2D eigenvalue weighted by Crippen LogP contribution is -2.45. The molecule has 1 aliphatic rings. The third kappa shape index (κ3) is 4.72. The summed E-state index contributed by atoms with van der Waals surface area (Å²) in [6.07, 6.45) is 0.522. The van der Waals surface area contributed by atoms with Crippen LogP contribution >= 0.6 is 11.3 Å². The average Bonchev–Trinajstić information content (AvgIpc) is 3.28. The Morgan fingerprint density at radius 2 is 1.82 bits per heavy atom. The zero-order valence-corrected chi connectivity index (χ0v) is 19.9. The molecule has 2 aromatic carbocycles. The second kappa shape index (κ2) is 8.98. The molecule has 0 saturated carbocycles. The molecule has 1 amide bonds. The van der Waals surface area contributed by atoms with Crippen LogP contribution in [0.25, 0.3) is 10.2 Å². The number of para-hydroxylation sites is 1. The maximum atomic E-state index is 14.3. The molecule has 0 aliphatic carbocycles. The number of rotatable bonds is 6. The Labute approximate surface area is 195 Å².